The molecule has 0 spiro atoms. The predicted octanol–water partition coefficient (Wildman–Crippen LogP) is 10.2. The van der Waals surface area contributed by atoms with E-state index >= 15 is 0 Å². The Morgan fingerprint density at radius 1 is 0.680 bits per heavy atom. The summed E-state index contributed by atoms with van der Waals surface area (Å²) in [5, 5.41) is 24.0. The van der Waals surface area contributed by atoms with Crippen molar-refractivity contribution in [3.63, 3.8) is 0 Å². The first kappa shape index (κ1) is 49.2. The summed E-state index contributed by atoms with van der Waals surface area (Å²) in [5.74, 6) is -0.444. The molecule has 0 rings (SSSR count). The Kier molecular flexibility index (Phi) is 36.0. The third-order valence-corrected chi connectivity index (χ3v) is 10.4. The Labute approximate surface area is 307 Å². The molecule has 0 radical (unpaired) electrons. The number of amides is 1. The number of aliphatic hydroxyl groups is 2. The third kappa shape index (κ3) is 34.3. The molecule has 6 N–H and O–H groups in total. The van der Waals surface area contributed by atoms with E-state index in [-0.39, 0.29) is 19.6 Å². The van der Waals surface area contributed by atoms with Gasteiger partial charge in [-0.1, -0.05) is 187 Å². The minimum atomic E-state index is -4.39. The van der Waals surface area contributed by atoms with Gasteiger partial charge in [0.25, 0.3) is 0 Å². The molecule has 4 atom stereocenters. The van der Waals surface area contributed by atoms with Crippen LogP contribution in [0.4, 0.5) is 0 Å². The molecule has 0 bridgehead atoms. The van der Waals surface area contributed by atoms with Gasteiger partial charge in [-0.2, -0.15) is 0 Å². The molecular formula is C40H81N2O7P. The van der Waals surface area contributed by atoms with Crippen LogP contribution in [0.2, 0.25) is 0 Å². The van der Waals surface area contributed by atoms with Crippen molar-refractivity contribution in [1.82, 2.24) is 5.32 Å². The topological polar surface area (TPSA) is 151 Å². The van der Waals surface area contributed by atoms with Crippen LogP contribution in [0.25, 0.3) is 0 Å². The van der Waals surface area contributed by atoms with Gasteiger partial charge in [-0.25, -0.2) is 4.57 Å². The lowest BCUT2D eigenvalue weighted by atomic mass is 10.0. The minimum absolute atomic E-state index is 0.0513. The van der Waals surface area contributed by atoms with E-state index in [2.05, 4.69) is 19.2 Å². The average molecular weight is 733 g/mol. The molecule has 50 heavy (non-hydrogen) atoms. The molecule has 0 aromatic carbocycles. The van der Waals surface area contributed by atoms with Crippen molar-refractivity contribution < 1.29 is 33.5 Å². The van der Waals surface area contributed by atoms with E-state index in [9.17, 15) is 24.5 Å². The molecule has 0 aliphatic heterocycles. The number of carbonyl (C=O) groups excluding carboxylic acids is 1. The highest BCUT2D eigenvalue weighted by Gasteiger charge is 2.27. The number of aliphatic hydroxyl groups excluding tert-OH is 2. The number of rotatable bonds is 39. The van der Waals surface area contributed by atoms with Gasteiger partial charge in [-0.3, -0.25) is 13.8 Å². The monoisotopic (exact) mass is 733 g/mol. The lowest BCUT2D eigenvalue weighted by Gasteiger charge is -2.24. The molecule has 9 nitrogen and oxygen atoms in total. The molecule has 0 saturated heterocycles. The molecule has 0 aliphatic carbocycles. The van der Waals surface area contributed by atoms with Gasteiger partial charge < -0.3 is 26.2 Å². The lowest BCUT2D eigenvalue weighted by molar-refractivity contribution is -0.124. The zero-order valence-corrected chi connectivity index (χ0v) is 33.4. The normalized spacial score (nSPS) is 14.9. The summed E-state index contributed by atoms with van der Waals surface area (Å²) in [7, 11) is -4.39. The van der Waals surface area contributed by atoms with E-state index < -0.39 is 38.6 Å². The number of allylic oxidation sites excluding steroid dienone is 1. The number of unbranched alkanes of at least 4 members (excludes halogenated alkanes) is 25. The summed E-state index contributed by atoms with van der Waals surface area (Å²) >= 11 is 0. The number of carbonyl (C=O) groups is 1. The van der Waals surface area contributed by atoms with Crippen LogP contribution in [0.5, 0.6) is 0 Å². The summed E-state index contributed by atoms with van der Waals surface area (Å²) in [6, 6.07) is -0.976. The van der Waals surface area contributed by atoms with Crippen LogP contribution in [-0.4, -0.2) is 59.0 Å². The van der Waals surface area contributed by atoms with Crippen LogP contribution in [0.1, 0.15) is 200 Å². The van der Waals surface area contributed by atoms with Gasteiger partial charge in [0.2, 0.25) is 5.91 Å². The second-order valence-electron chi connectivity index (χ2n) is 14.4. The molecule has 1 amide bonds. The first-order chi connectivity index (χ1) is 24.3. The highest BCUT2D eigenvalue weighted by atomic mass is 31.2. The van der Waals surface area contributed by atoms with Gasteiger partial charge in [0.05, 0.1) is 37.9 Å². The quantitative estimate of drug-likeness (QED) is 0.0238. The molecule has 4 unspecified atom stereocenters. The Bertz CT molecular complexity index is 817. The van der Waals surface area contributed by atoms with E-state index in [0.717, 1.165) is 38.5 Å². The van der Waals surface area contributed by atoms with Gasteiger partial charge >= 0.3 is 7.82 Å². The van der Waals surface area contributed by atoms with E-state index in [1.807, 2.05) is 6.08 Å². The van der Waals surface area contributed by atoms with Crippen molar-refractivity contribution in [1.29, 1.82) is 0 Å². The Balaban J connectivity index is 4.30. The maximum absolute atomic E-state index is 12.8. The first-order valence-corrected chi connectivity index (χ1v) is 22.4. The maximum atomic E-state index is 12.8. The number of phosphoric acid groups is 1. The van der Waals surface area contributed by atoms with Gasteiger partial charge in [-0.05, 0) is 19.3 Å². The van der Waals surface area contributed by atoms with Crippen LogP contribution < -0.4 is 11.1 Å². The van der Waals surface area contributed by atoms with Crippen molar-refractivity contribution >= 4 is 13.7 Å². The number of phosphoric ester groups is 1. The zero-order valence-electron chi connectivity index (χ0n) is 32.5. The van der Waals surface area contributed by atoms with E-state index in [4.69, 9.17) is 14.8 Å². The number of hydrogen-bond donors (Lipinski definition) is 5. The zero-order chi connectivity index (χ0) is 37.0. The predicted molar refractivity (Wildman–Crippen MR) is 209 cm³/mol. The molecule has 298 valence electrons. The summed E-state index contributed by atoms with van der Waals surface area (Å²) in [6.07, 6.45) is 35.8. The van der Waals surface area contributed by atoms with Crippen LogP contribution >= 0.6 is 7.82 Å². The van der Waals surface area contributed by atoms with Gasteiger partial charge in [0, 0.05) is 6.54 Å². The average Bonchev–Trinajstić information content (AvgIpc) is 3.09. The number of hydrogen-bond acceptors (Lipinski definition) is 7. The number of nitrogens with two attached hydrogens (primary N) is 1. The van der Waals surface area contributed by atoms with Gasteiger partial charge in [-0.15, -0.1) is 0 Å². The molecule has 0 aromatic rings. The van der Waals surface area contributed by atoms with Crippen LogP contribution in [-0.2, 0) is 18.4 Å². The highest BCUT2D eigenvalue weighted by molar-refractivity contribution is 7.47. The van der Waals surface area contributed by atoms with Crippen LogP contribution in [0.15, 0.2) is 12.2 Å². The van der Waals surface area contributed by atoms with Crippen LogP contribution in [0, 0.1) is 0 Å². The molecule has 0 aliphatic rings. The maximum Gasteiger partial charge on any atom is 0.472 e. The van der Waals surface area contributed by atoms with Crippen molar-refractivity contribution in [2.24, 2.45) is 5.73 Å². The largest absolute Gasteiger partial charge is 0.472 e. The molecule has 0 heterocycles. The summed E-state index contributed by atoms with van der Waals surface area (Å²) < 4.78 is 22.0. The Morgan fingerprint density at radius 3 is 1.54 bits per heavy atom. The standard InChI is InChI=1S/C40H81N2O7P/c1-3-5-7-9-11-13-15-17-18-19-20-21-23-25-27-29-31-37(43)35-40(45)42-38(36-49-50(46,47)48-34-33-41)39(44)32-30-28-26-24-22-16-14-12-10-8-6-4-2/h30,32,37-39,43-44H,3-29,31,33-36,41H2,1-2H3,(H,42,45)(H,46,47)/b32-30+. The van der Waals surface area contributed by atoms with Crippen molar-refractivity contribution in [3.8, 4) is 0 Å². The van der Waals surface area contributed by atoms with Gasteiger partial charge in [0.15, 0.2) is 0 Å². The van der Waals surface area contributed by atoms with E-state index in [1.165, 1.54) is 135 Å². The molecular weight excluding hydrogens is 651 g/mol. The smallest absolute Gasteiger partial charge is 0.393 e. The fourth-order valence-electron chi connectivity index (χ4n) is 6.23. The third-order valence-electron chi connectivity index (χ3n) is 9.42. The van der Waals surface area contributed by atoms with Crippen molar-refractivity contribution in [2.45, 2.75) is 218 Å². The van der Waals surface area contributed by atoms with Crippen LogP contribution in [0.3, 0.4) is 0 Å². The number of nitrogens with one attached hydrogen (secondary N) is 1. The molecule has 0 saturated carbocycles. The Morgan fingerprint density at radius 2 is 1.10 bits per heavy atom. The fraction of sp³-hybridized carbons (Fsp3) is 0.925. The SMILES string of the molecule is CCCCCCCCCCCC/C=C/C(O)C(COP(=O)(O)OCCN)NC(=O)CC(O)CCCCCCCCCCCCCCCCCC. The Hall–Kier alpha value is -0.800. The minimum Gasteiger partial charge on any atom is -0.393 e. The summed E-state index contributed by atoms with van der Waals surface area (Å²) in [6.45, 7) is 3.97. The summed E-state index contributed by atoms with van der Waals surface area (Å²) in [4.78, 5) is 22.7. The molecule has 10 heteroatoms. The van der Waals surface area contributed by atoms with E-state index in [1.54, 1.807) is 6.08 Å². The fourth-order valence-corrected chi connectivity index (χ4v) is 6.99. The second kappa shape index (κ2) is 36.6. The molecule has 0 aromatic heterocycles. The van der Waals surface area contributed by atoms with Crippen molar-refractivity contribution in [3.05, 3.63) is 12.2 Å². The van der Waals surface area contributed by atoms with Crippen molar-refractivity contribution in [2.75, 3.05) is 19.8 Å². The summed E-state index contributed by atoms with van der Waals surface area (Å²) in [5.41, 5.74) is 5.35. The van der Waals surface area contributed by atoms with Gasteiger partial charge in [0.1, 0.15) is 0 Å². The highest BCUT2D eigenvalue weighted by Crippen LogP contribution is 2.43. The first-order valence-electron chi connectivity index (χ1n) is 20.9. The lowest BCUT2D eigenvalue weighted by Crippen LogP contribution is -2.46. The molecule has 0 fully saturated rings. The second-order valence-corrected chi connectivity index (χ2v) is 15.9. The van der Waals surface area contributed by atoms with E-state index in [0.29, 0.717) is 6.42 Å².